The van der Waals surface area contributed by atoms with Gasteiger partial charge in [0.25, 0.3) is 0 Å². The van der Waals surface area contributed by atoms with Crippen LogP contribution < -0.4 is 21.7 Å². The second-order valence-electron chi connectivity index (χ2n) is 4.86. The van der Waals surface area contributed by atoms with E-state index in [0.717, 1.165) is 0 Å². The third-order valence-corrected chi connectivity index (χ3v) is 3.17. The molecule has 4 unspecified atom stereocenters. The number of aliphatic hydroxyl groups is 1. The summed E-state index contributed by atoms with van der Waals surface area (Å²) < 4.78 is 0. The molecule has 0 aromatic heterocycles. The quantitative estimate of drug-likeness (QED) is 0.215. The average molecular weight is 350 g/mol. The Balaban J connectivity index is 4.34. The van der Waals surface area contributed by atoms with Gasteiger partial charge in [0, 0.05) is 5.75 Å². The first-order chi connectivity index (χ1) is 10.6. The molecule has 0 heterocycles. The summed E-state index contributed by atoms with van der Waals surface area (Å²) in [5, 5.41) is 24.7. The molecule has 0 radical (unpaired) electrons. The lowest BCUT2D eigenvalue weighted by Crippen LogP contribution is -2.53. The Hall–Kier alpha value is -1.85. The molecule has 0 rings (SSSR count). The summed E-state index contributed by atoms with van der Waals surface area (Å²) in [6.45, 7) is 2.10. The van der Waals surface area contributed by atoms with Crippen molar-refractivity contribution in [1.82, 2.24) is 16.0 Å². The maximum Gasteiger partial charge on any atom is 0.328 e. The van der Waals surface area contributed by atoms with Crippen LogP contribution in [-0.4, -0.2) is 70.4 Å². The van der Waals surface area contributed by atoms with E-state index in [0.29, 0.717) is 0 Å². The fourth-order valence-electron chi connectivity index (χ4n) is 1.40. The summed E-state index contributed by atoms with van der Waals surface area (Å²) in [6, 6.07) is -3.28. The predicted octanol–water partition coefficient (Wildman–Crippen LogP) is -3.19. The van der Waals surface area contributed by atoms with Gasteiger partial charge in [-0.25, -0.2) is 4.79 Å². The van der Waals surface area contributed by atoms with Crippen molar-refractivity contribution in [2.45, 2.75) is 38.1 Å². The monoisotopic (exact) mass is 350 g/mol. The van der Waals surface area contributed by atoms with Crippen LogP contribution in [0.5, 0.6) is 0 Å². The molecule has 0 fully saturated rings. The largest absolute Gasteiger partial charge is 0.480 e. The molecule has 10 nitrogen and oxygen atoms in total. The van der Waals surface area contributed by atoms with E-state index >= 15 is 0 Å². The Morgan fingerprint density at radius 2 is 1.70 bits per heavy atom. The van der Waals surface area contributed by atoms with Gasteiger partial charge in [0.15, 0.2) is 6.04 Å². The van der Waals surface area contributed by atoms with Crippen molar-refractivity contribution in [3.05, 3.63) is 0 Å². The standard InChI is InChI=1S/C12H22N4O6S/c1-5(15-11(20)7(13)4-23)10(19)14-3-8(18)16-9(6(2)17)12(21)22/h5-7,9,17,23H,3-4,13H2,1-2H3,(H,14,19)(H,15,20)(H,16,18)(H,21,22). The van der Waals surface area contributed by atoms with Crippen molar-refractivity contribution < 1.29 is 29.4 Å². The minimum absolute atomic E-state index is 0.110. The SMILES string of the molecule is CC(NC(=O)C(N)CS)C(=O)NCC(=O)NC(C(=O)O)C(C)O. The maximum absolute atomic E-state index is 11.7. The highest BCUT2D eigenvalue weighted by Gasteiger charge is 2.25. The number of amides is 3. The van der Waals surface area contributed by atoms with Crippen molar-refractivity contribution in [2.24, 2.45) is 5.73 Å². The van der Waals surface area contributed by atoms with Gasteiger partial charge in [-0.3, -0.25) is 14.4 Å². The number of nitrogens with one attached hydrogen (secondary N) is 3. The summed E-state index contributed by atoms with van der Waals surface area (Å²) in [6.07, 6.45) is -1.30. The summed E-state index contributed by atoms with van der Waals surface area (Å²) in [5.74, 6) is -3.30. The van der Waals surface area contributed by atoms with Crippen molar-refractivity contribution >= 4 is 36.3 Å². The van der Waals surface area contributed by atoms with Crippen molar-refractivity contribution in [1.29, 1.82) is 0 Å². The van der Waals surface area contributed by atoms with Crippen LogP contribution in [0, 0.1) is 0 Å². The van der Waals surface area contributed by atoms with E-state index in [2.05, 4.69) is 28.6 Å². The lowest BCUT2D eigenvalue weighted by Gasteiger charge is -2.18. The molecule has 0 aromatic rings. The number of aliphatic carboxylic acids is 1. The van der Waals surface area contributed by atoms with Crippen LogP contribution in [0.2, 0.25) is 0 Å². The molecule has 4 atom stereocenters. The summed E-state index contributed by atoms with van der Waals surface area (Å²) in [4.78, 5) is 45.6. The number of thiol groups is 1. The number of hydrogen-bond donors (Lipinski definition) is 7. The van der Waals surface area contributed by atoms with Gasteiger partial charge >= 0.3 is 5.97 Å². The molecule has 0 aliphatic rings. The molecule has 23 heavy (non-hydrogen) atoms. The zero-order valence-electron chi connectivity index (χ0n) is 12.8. The molecule has 0 bridgehead atoms. The van der Waals surface area contributed by atoms with Gasteiger partial charge in [0.1, 0.15) is 6.04 Å². The van der Waals surface area contributed by atoms with E-state index in [1.54, 1.807) is 0 Å². The molecule has 0 saturated carbocycles. The highest BCUT2D eigenvalue weighted by Crippen LogP contribution is 1.93. The average Bonchev–Trinajstić information content (AvgIpc) is 2.48. The molecule has 0 spiro atoms. The number of aliphatic hydroxyl groups excluding tert-OH is 1. The van der Waals surface area contributed by atoms with E-state index in [-0.39, 0.29) is 5.75 Å². The number of carboxylic acids is 1. The third kappa shape index (κ3) is 7.81. The van der Waals surface area contributed by atoms with Crippen LogP contribution in [0.15, 0.2) is 0 Å². The molecule has 0 aliphatic heterocycles. The first-order valence-electron chi connectivity index (χ1n) is 6.74. The Morgan fingerprint density at radius 1 is 1.13 bits per heavy atom. The van der Waals surface area contributed by atoms with Crippen LogP contribution in [0.4, 0.5) is 0 Å². The first kappa shape index (κ1) is 21.1. The van der Waals surface area contributed by atoms with Crippen molar-refractivity contribution in [3.63, 3.8) is 0 Å². The second kappa shape index (κ2) is 10.0. The second-order valence-corrected chi connectivity index (χ2v) is 5.23. The Bertz CT molecular complexity index is 459. The number of rotatable bonds is 9. The van der Waals surface area contributed by atoms with E-state index < -0.39 is 54.5 Å². The normalized spacial score (nSPS) is 15.7. The molecule has 11 heteroatoms. The lowest BCUT2D eigenvalue weighted by molar-refractivity contribution is -0.144. The molecule has 0 aliphatic carbocycles. The predicted molar refractivity (Wildman–Crippen MR) is 83.7 cm³/mol. The van der Waals surface area contributed by atoms with Crippen molar-refractivity contribution in [2.75, 3.05) is 12.3 Å². The Kier molecular flexibility index (Phi) is 9.22. The molecule has 132 valence electrons. The number of carboxylic acid groups (broad SMARTS) is 1. The fraction of sp³-hybridized carbons (Fsp3) is 0.667. The Morgan fingerprint density at radius 3 is 2.13 bits per heavy atom. The molecular weight excluding hydrogens is 328 g/mol. The van der Waals surface area contributed by atoms with E-state index in [4.69, 9.17) is 10.8 Å². The van der Waals surface area contributed by atoms with Gasteiger partial charge in [-0.2, -0.15) is 12.6 Å². The number of carbonyl (C=O) groups is 4. The smallest absolute Gasteiger partial charge is 0.328 e. The highest BCUT2D eigenvalue weighted by molar-refractivity contribution is 7.80. The Labute approximate surface area is 138 Å². The van der Waals surface area contributed by atoms with Crippen molar-refractivity contribution in [3.8, 4) is 0 Å². The minimum atomic E-state index is -1.48. The summed E-state index contributed by atoms with van der Waals surface area (Å²) in [5.41, 5.74) is 5.44. The van der Waals surface area contributed by atoms with Crippen LogP contribution in [0.1, 0.15) is 13.8 Å². The zero-order valence-corrected chi connectivity index (χ0v) is 13.7. The molecular formula is C12H22N4O6S. The van der Waals surface area contributed by atoms with E-state index in [1.807, 2.05) is 0 Å². The summed E-state index contributed by atoms with van der Waals surface area (Å²) >= 11 is 3.85. The first-order valence-corrected chi connectivity index (χ1v) is 7.38. The number of hydrogen-bond acceptors (Lipinski definition) is 7. The minimum Gasteiger partial charge on any atom is -0.480 e. The zero-order chi connectivity index (χ0) is 18.2. The number of nitrogens with two attached hydrogens (primary N) is 1. The maximum atomic E-state index is 11.7. The fourth-order valence-corrected chi connectivity index (χ4v) is 1.57. The molecule has 0 aromatic carbocycles. The van der Waals surface area contributed by atoms with Crippen LogP contribution >= 0.6 is 12.6 Å². The summed E-state index contributed by atoms with van der Waals surface area (Å²) in [7, 11) is 0. The van der Waals surface area contributed by atoms with Gasteiger partial charge in [-0.1, -0.05) is 0 Å². The van der Waals surface area contributed by atoms with Gasteiger partial charge in [0.2, 0.25) is 17.7 Å². The van der Waals surface area contributed by atoms with Gasteiger partial charge in [-0.15, -0.1) is 0 Å². The molecule has 0 saturated heterocycles. The molecule has 7 N–H and O–H groups in total. The van der Waals surface area contributed by atoms with Crippen LogP contribution in [0.25, 0.3) is 0 Å². The van der Waals surface area contributed by atoms with E-state index in [9.17, 15) is 24.3 Å². The number of carbonyl (C=O) groups excluding carboxylic acids is 3. The van der Waals surface area contributed by atoms with Crippen LogP contribution in [-0.2, 0) is 19.2 Å². The molecule has 3 amide bonds. The third-order valence-electron chi connectivity index (χ3n) is 2.77. The lowest BCUT2D eigenvalue weighted by atomic mass is 10.2. The van der Waals surface area contributed by atoms with Crippen LogP contribution in [0.3, 0.4) is 0 Å². The highest BCUT2D eigenvalue weighted by atomic mass is 32.1. The van der Waals surface area contributed by atoms with Gasteiger partial charge in [-0.05, 0) is 13.8 Å². The van der Waals surface area contributed by atoms with E-state index in [1.165, 1.54) is 13.8 Å². The van der Waals surface area contributed by atoms with Gasteiger partial charge < -0.3 is 31.9 Å². The van der Waals surface area contributed by atoms with Gasteiger partial charge in [0.05, 0.1) is 18.7 Å². The topological polar surface area (TPSA) is 171 Å².